The highest BCUT2D eigenvalue weighted by molar-refractivity contribution is 7.98. The molecule has 1 N–H and O–H groups in total. The van der Waals surface area contributed by atoms with Gasteiger partial charge in [-0.15, -0.1) is 0 Å². The fraction of sp³-hybridized carbons (Fsp3) is 0.150. The first kappa shape index (κ1) is 18.9. The minimum Gasteiger partial charge on any atom is -0.301 e. The Bertz CT molecular complexity index is 1280. The Hall–Kier alpha value is -3.46. The predicted molar refractivity (Wildman–Crippen MR) is 112 cm³/mol. The molecule has 9 heteroatoms. The van der Waals surface area contributed by atoms with E-state index in [9.17, 15) is 14.9 Å². The number of nitrogens with one attached hydrogen (secondary N) is 1. The van der Waals surface area contributed by atoms with E-state index < -0.39 is 4.92 Å². The second kappa shape index (κ2) is 7.51. The molecule has 0 radical (unpaired) electrons. The van der Waals surface area contributed by atoms with Gasteiger partial charge in [-0.2, -0.15) is 5.10 Å². The number of rotatable bonds is 5. The Kier molecular flexibility index (Phi) is 4.89. The smallest absolute Gasteiger partial charge is 0.269 e. The normalized spacial score (nSPS) is 11.1. The van der Waals surface area contributed by atoms with Crippen LogP contribution in [0.1, 0.15) is 16.7 Å². The molecule has 0 spiro atoms. The van der Waals surface area contributed by atoms with Gasteiger partial charge >= 0.3 is 0 Å². The van der Waals surface area contributed by atoms with Crippen molar-refractivity contribution in [3.05, 3.63) is 85.8 Å². The lowest BCUT2D eigenvalue weighted by molar-refractivity contribution is -0.384. The fourth-order valence-corrected chi connectivity index (χ4v) is 3.79. The summed E-state index contributed by atoms with van der Waals surface area (Å²) in [5, 5.41) is 16.0. The third-order valence-corrected chi connectivity index (χ3v) is 5.69. The Morgan fingerprint density at radius 1 is 1.17 bits per heavy atom. The van der Waals surface area contributed by atoms with Gasteiger partial charge in [0.15, 0.2) is 10.8 Å². The Labute approximate surface area is 169 Å². The molecule has 4 rings (SSSR count). The molecule has 0 unspecified atom stereocenters. The van der Waals surface area contributed by atoms with Crippen LogP contribution >= 0.6 is 11.8 Å². The number of nitro benzene ring substituents is 1. The number of hydrogen-bond acceptors (Lipinski definition) is 6. The number of benzene rings is 2. The average molecular weight is 407 g/mol. The molecule has 2 aromatic carbocycles. The highest BCUT2D eigenvalue weighted by Gasteiger charge is 2.14. The van der Waals surface area contributed by atoms with Crippen LogP contribution in [0.3, 0.4) is 0 Å². The van der Waals surface area contributed by atoms with Gasteiger partial charge in [-0.05, 0) is 36.6 Å². The van der Waals surface area contributed by atoms with E-state index in [4.69, 9.17) is 0 Å². The molecule has 8 nitrogen and oxygen atoms in total. The molecule has 0 saturated carbocycles. The second-order valence-corrected chi connectivity index (χ2v) is 7.56. The van der Waals surface area contributed by atoms with Crippen LogP contribution in [0, 0.1) is 24.0 Å². The molecule has 2 heterocycles. The molecular formula is C20H17N5O3S. The van der Waals surface area contributed by atoms with Crippen molar-refractivity contribution in [2.75, 3.05) is 0 Å². The predicted octanol–water partition coefficient (Wildman–Crippen LogP) is 3.93. The fourth-order valence-electron chi connectivity index (χ4n) is 2.97. The van der Waals surface area contributed by atoms with Crippen molar-refractivity contribution in [2.24, 2.45) is 0 Å². The Balaban J connectivity index is 1.67. The van der Waals surface area contributed by atoms with E-state index in [1.165, 1.54) is 30.1 Å². The maximum atomic E-state index is 12.5. The van der Waals surface area contributed by atoms with Crippen LogP contribution in [0.15, 0.2) is 58.6 Å². The third kappa shape index (κ3) is 3.64. The lowest BCUT2D eigenvalue weighted by Crippen LogP contribution is -2.10. The van der Waals surface area contributed by atoms with Crippen LogP contribution in [0.4, 0.5) is 5.69 Å². The van der Waals surface area contributed by atoms with Gasteiger partial charge < -0.3 is 4.98 Å². The summed E-state index contributed by atoms with van der Waals surface area (Å²) in [7, 11) is 0. The van der Waals surface area contributed by atoms with Crippen LogP contribution in [0.25, 0.3) is 16.7 Å². The van der Waals surface area contributed by atoms with E-state index in [0.717, 1.165) is 22.4 Å². The molecule has 0 aliphatic heterocycles. The molecule has 146 valence electrons. The number of H-pyrrole nitrogens is 1. The largest absolute Gasteiger partial charge is 0.301 e. The van der Waals surface area contributed by atoms with Gasteiger partial charge in [-0.3, -0.25) is 14.9 Å². The molecule has 0 aliphatic rings. The van der Waals surface area contributed by atoms with Gasteiger partial charge in [0.2, 0.25) is 0 Å². The number of aromatic nitrogens is 4. The standard InChI is InChI=1S/C20H17N5O3S/c1-12-4-3-5-17(13(12)2)24-18-16(10-21-24)19(26)23-20(22-18)29-11-14-6-8-15(9-7-14)25(27)28/h3-10H,11H2,1-2H3,(H,22,23,26). The maximum absolute atomic E-state index is 12.5. The van der Waals surface area contributed by atoms with Crippen LogP contribution < -0.4 is 5.56 Å². The number of nitrogens with zero attached hydrogens (tertiary/aromatic N) is 4. The molecule has 0 atom stereocenters. The van der Waals surface area contributed by atoms with Crippen LogP contribution in [0.5, 0.6) is 0 Å². The zero-order chi connectivity index (χ0) is 20.5. The number of non-ortho nitro benzene ring substituents is 1. The summed E-state index contributed by atoms with van der Waals surface area (Å²) in [4.78, 5) is 30.2. The van der Waals surface area contributed by atoms with Gasteiger partial charge in [0, 0.05) is 17.9 Å². The van der Waals surface area contributed by atoms with Crippen LogP contribution in [0.2, 0.25) is 0 Å². The van der Waals surface area contributed by atoms with Crippen molar-refractivity contribution in [2.45, 2.75) is 24.8 Å². The summed E-state index contributed by atoms with van der Waals surface area (Å²) in [5.41, 5.74) is 4.26. The van der Waals surface area contributed by atoms with E-state index in [0.29, 0.717) is 21.9 Å². The van der Waals surface area contributed by atoms with E-state index in [2.05, 4.69) is 15.1 Å². The van der Waals surface area contributed by atoms with E-state index in [-0.39, 0.29) is 11.2 Å². The van der Waals surface area contributed by atoms with Gasteiger partial charge in [0.25, 0.3) is 11.2 Å². The SMILES string of the molecule is Cc1cccc(-n2ncc3c(=O)[nH]c(SCc4ccc([N+](=O)[O-])cc4)nc32)c1C. The minimum absolute atomic E-state index is 0.0455. The highest BCUT2D eigenvalue weighted by Crippen LogP contribution is 2.24. The molecule has 0 amide bonds. The summed E-state index contributed by atoms with van der Waals surface area (Å²) in [6.45, 7) is 4.03. The van der Waals surface area contributed by atoms with E-state index in [1.54, 1.807) is 16.8 Å². The summed E-state index contributed by atoms with van der Waals surface area (Å²) >= 11 is 1.35. The molecule has 2 aromatic heterocycles. The molecule has 0 fully saturated rings. The van der Waals surface area contributed by atoms with Crippen molar-refractivity contribution in [3.63, 3.8) is 0 Å². The summed E-state index contributed by atoms with van der Waals surface area (Å²) in [6.07, 6.45) is 1.52. The first-order valence-electron chi connectivity index (χ1n) is 8.85. The lowest BCUT2D eigenvalue weighted by atomic mass is 10.1. The Morgan fingerprint density at radius 3 is 2.66 bits per heavy atom. The lowest BCUT2D eigenvalue weighted by Gasteiger charge is -2.09. The first-order chi connectivity index (χ1) is 13.9. The number of nitro groups is 1. The summed E-state index contributed by atoms with van der Waals surface area (Å²) < 4.78 is 1.68. The summed E-state index contributed by atoms with van der Waals surface area (Å²) in [6, 6.07) is 12.2. The van der Waals surface area contributed by atoms with Crippen LogP contribution in [-0.4, -0.2) is 24.7 Å². The topological polar surface area (TPSA) is 107 Å². The number of fused-ring (bicyclic) bond motifs is 1. The quantitative estimate of drug-likeness (QED) is 0.232. The molecular weight excluding hydrogens is 390 g/mol. The molecule has 0 aliphatic carbocycles. The Morgan fingerprint density at radius 2 is 1.93 bits per heavy atom. The molecule has 0 bridgehead atoms. The third-order valence-electron chi connectivity index (χ3n) is 4.74. The number of aromatic amines is 1. The van der Waals surface area contributed by atoms with Crippen molar-refractivity contribution in [3.8, 4) is 5.69 Å². The minimum atomic E-state index is -0.432. The zero-order valence-electron chi connectivity index (χ0n) is 15.7. The van der Waals surface area contributed by atoms with Crippen molar-refractivity contribution >= 4 is 28.5 Å². The zero-order valence-corrected chi connectivity index (χ0v) is 16.6. The molecule has 0 saturated heterocycles. The van der Waals surface area contributed by atoms with Crippen LogP contribution in [-0.2, 0) is 5.75 Å². The van der Waals surface area contributed by atoms with Gasteiger partial charge in [0.1, 0.15) is 5.39 Å². The number of aryl methyl sites for hydroxylation is 1. The monoisotopic (exact) mass is 407 g/mol. The number of hydrogen-bond donors (Lipinski definition) is 1. The van der Waals surface area contributed by atoms with E-state index in [1.807, 2.05) is 32.0 Å². The average Bonchev–Trinajstić information content (AvgIpc) is 3.13. The summed E-state index contributed by atoms with van der Waals surface area (Å²) in [5.74, 6) is 0.518. The van der Waals surface area contributed by atoms with Gasteiger partial charge in [-0.1, -0.05) is 36.0 Å². The van der Waals surface area contributed by atoms with E-state index >= 15 is 0 Å². The van der Waals surface area contributed by atoms with Crippen molar-refractivity contribution in [1.82, 2.24) is 19.7 Å². The second-order valence-electron chi connectivity index (χ2n) is 6.60. The van der Waals surface area contributed by atoms with Gasteiger partial charge in [-0.25, -0.2) is 9.67 Å². The highest BCUT2D eigenvalue weighted by atomic mass is 32.2. The first-order valence-corrected chi connectivity index (χ1v) is 9.83. The maximum Gasteiger partial charge on any atom is 0.269 e. The molecule has 4 aromatic rings. The van der Waals surface area contributed by atoms with Crippen molar-refractivity contribution in [1.29, 1.82) is 0 Å². The number of thioether (sulfide) groups is 1. The van der Waals surface area contributed by atoms with Gasteiger partial charge in [0.05, 0.1) is 16.8 Å². The van der Waals surface area contributed by atoms with Crippen molar-refractivity contribution < 1.29 is 4.92 Å². The molecule has 29 heavy (non-hydrogen) atoms.